The summed E-state index contributed by atoms with van der Waals surface area (Å²) in [5, 5.41) is 3.57. The van der Waals surface area contributed by atoms with Gasteiger partial charge in [0.1, 0.15) is 5.54 Å². The highest BCUT2D eigenvalue weighted by Gasteiger charge is 2.52. The van der Waals surface area contributed by atoms with Crippen LogP contribution < -0.4 is 11.1 Å². The van der Waals surface area contributed by atoms with Crippen LogP contribution in [0.15, 0.2) is 0 Å². The molecule has 18 heavy (non-hydrogen) atoms. The Bertz CT molecular complexity index is 334. The number of hydrogen-bond acceptors (Lipinski definition) is 3. The highest BCUT2D eigenvalue weighted by Crippen LogP contribution is 2.42. The summed E-state index contributed by atoms with van der Waals surface area (Å²) >= 11 is 0. The van der Waals surface area contributed by atoms with E-state index in [4.69, 9.17) is 5.73 Å². The normalized spacial score (nSPS) is 27.2. The molecule has 3 fully saturated rings. The van der Waals surface area contributed by atoms with Gasteiger partial charge in [-0.3, -0.25) is 10.1 Å². The van der Waals surface area contributed by atoms with Gasteiger partial charge < -0.3 is 10.6 Å². The van der Waals surface area contributed by atoms with E-state index in [-0.39, 0.29) is 5.91 Å². The van der Waals surface area contributed by atoms with Crippen LogP contribution in [0.2, 0.25) is 0 Å². The fourth-order valence-corrected chi connectivity index (χ4v) is 3.04. The molecule has 1 amide bonds. The second-order valence-corrected chi connectivity index (χ2v) is 6.67. The topological polar surface area (TPSA) is 58.4 Å². The Morgan fingerprint density at radius 1 is 1.28 bits per heavy atom. The Labute approximate surface area is 109 Å². The SMILES string of the molecule is CN(CC1CC1)CC(NC1CC1)(C(N)=O)C1CC1. The molecule has 102 valence electrons. The standard InChI is InChI=1S/C14H25N3O/c1-17(8-10-2-3-10)9-14(13(15)18,11-4-5-11)16-12-6-7-12/h10-12,16H,2-9H2,1H3,(H2,15,18). The number of carbonyl (C=O) groups excluding carboxylic acids is 1. The van der Waals surface area contributed by atoms with Crippen LogP contribution in [0.4, 0.5) is 0 Å². The van der Waals surface area contributed by atoms with Gasteiger partial charge in [0.05, 0.1) is 0 Å². The monoisotopic (exact) mass is 251 g/mol. The molecule has 3 aliphatic carbocycles. The van der Waals surface area contributed by atoms with E-state index in [9.17, 15) is 4.79 Å². The molecule has 0 radical (unpaired) electrons. The zero-order valence-electron chi connectivity index (χ0n) is 11.3. The number of carbonyl (C=O) groups is 1. The molecular weight excluding hydrogens is 226 g/mol. The molecule has 0 aromatic rings. The highest BCUT2D eigenvalue weighted by molar-refractivity contribution is 5.86. The maximum Gasteiger partial charge on any atom is 0.239 e. The lowest BCUT2D eigenvalue weighted by molar-refractivity contribution is -0.126. The van der Waals surface area contributed by atoms with E-state index < -0.39 is 5.54 Å². The molecule has 3 aliphatic rings. The average molecular weight is 251 g/mol. The number of amides is 1. The molecule has 3 N–H and O–H groups in total. The lowest BCUT2D eigenvalue weighted by atomic mass is 9.91. The predicted molar refractivity (Wildman–Crippen MR) is 71.0 cm³/mol. The number of hydrogen-bond donors (Lipinski definition) is 2. The van der Waals surface area contributed by atoms with E-state index in [1.807, 2.05) is 0 Å². The number of nitrogens with two attached hydrogens (primary N) is 1. The first-order chi connectivity index (χ1) is 8.60. The minimum atomic E-state index is -0.454. The summed E-state index contributed by atoms with van der Waals surface area (Å²) in [4.78, 5) is 14.4. The van der Waals surface area contributed by atoms with Gasteiger partial charge in [0.15, 0.2) is 0 Å². The van der Waals surface area contributed by atoms with E-state index in [0.29, 0.717) is 12.0 Å². The molecule has 3 rings (SSSR count). The number of nitrogens with zero attached hydrogens (tertiary/aromatic N) is 1. The average Bonchev–Trinajstić information content (AvgIpc) is 3.08. The van der Waals surface area contributed by atoms with Crippen molar-refractivity contribution in [3.05, 3.63) is 0 Å². The van der Waals surface area contributed by atoms with Gasteiger partial charge in [0.25, 0.3) is 0 Å². The molecule has 1 atom stereocenters. The van der Waals surface area contributed by atoms with Crippen LogP contribution >= 0.6 is 0 Å². The Morgan fingerprint density at radius 3 is 2.39 bits per heavy atom. The molecule has 3 saturated carbocycles. The van der Waals surface area contributed by atoms with Crippen molar-refractivity contribution >= 4 is 5.91 Å². The van der Waals surface area contributed by atoms with Crippen molar-refractivity contribution in [1.29, 1.82) is 0 Å². The maximum absolute atomic E-state index is 12.0. The molecule has 0 heterocycles. The minimum Gasteiger partial charge on any atom is -0.368 e. The lowest BCUT2D eigenvalue weighted by Crippen LogP contribution is -2.63. The zero-order chi connectivity index (χ0) is 12.8. The quantitative estimate of drug-likeness (QED) is 0.668. The molecule has 4 heteroatoms. The predicted octanol–water partition coefficient (Wildman–Crippen LogP) is 0.714. The van der Waals surface area contributed by atoms with E-state index >= 15 is 0 Å². The Hall–Kier alpha value is -0.610. The molecule has 4 nitrogen and oxygen atoms in total. The van der Waals surface area contributed by atoms with Crippen molar-refractivity contribution in [1.82, 2.24) is 10.2 Å². The van der Waals surface area contributed by atoms with Crippen LogP contribution in [0.25, 0.3) is 0 Å². The molecular formula is C14H25N3O. The summed E-state index contributed by atoms with van der Waals surface area (Å²) in [6.45, 7) is 1.91. The molecule has 0 saturated heterocycles. The first-order valence-corrected chi connectivity index (χ1v) is 7.36. The largest absolute Gasteiger partial charge is 0.368 e. The third-order valence-corrected chi connectivity index (χ3v) is 4.54. The first kappa shape index (κ1) is 12.4. The van der Waals surface area contributed by atoms with Gasteiger partial charge in [-0.25, -0.2) is 0 Å². The fraction of sp³-hybridized carbons (Fsp3) is 0.929. The molecule has 0 spiro atoms. The molecule has 1 unspecified atom stereocenters. The molecule has 0 aliphatic heterocycles. The van der Waals surface area contributed by atoms with Crippen molar-refractivity contribution in [2.24, 2.45) is 17.6 Å². The molecule has 0 bridgehead atoms. The van der Waals surface area contributed by atoms with Gasteiger partial charge in [-0.2, -0.15) is 0 Å². The third kappa shape index (κ3) is 2.69. The van der Waals surface area contributed by atoms with Crippen LogP contribution in [0, 0.1) is 11.8 Å². The van der Waals surface area contributed by atoms with E-state index in [1.165, 1.54) is 25.7 Å². The second-order valence-electron chi connectivity index (χ2n) is 6.67. The summed E-state index contributed by atoms with van der Waals surface area (Å²) < 4.78 is 0. The van der Waals surface area contributed by atoms with Gasteiger partial charge in [-0.05, 0) is 57.4 Å². The number of likely N-dealkylation sites (N-methyl/N-ethyl adjacent to an activating group) is 1. The maximum atomic E-state index is 12.0. The van der Waals surface area contributed by atoms with Crippen molar-refractivity contribution in [3.8, 4) is 0 Å². The summed E-state index contributed by atoms with van der Waals surface area (Å²) in [5.74, 6) is 1.19. The van der Waals surface area contributed by atoms with Crippen molar-refractivity contribution < 1.29 is 4.79 Å². The second kappa shape index (κ2) is 4.49. The van der Waals surface area contributed by atoms with Crippen molar-refractivity contribution in [2.75, 3.05) is 20.1 Å². The summed E-state index contributed by atoms with van der Waals surface area (Å²) in [7, 11) is 2.13. The van der Waals surface area contributed by atoms with Crippen LogP contribution in [0.1, 0.15) is 38.5 Å². The van der Waals surface area contributed by atoms with Gasteiger partial charge in [-0.1, -0.05) is 0 Å². The summed E-state index contributed by atoms with van der Waals surface area (Å²) in [5.41, 5.74) is 5.30. The molecule has 0 aromatic carbocycles. The van der Waals surface area contributed by atoms with Crippen molar-refractivity contribution in [2.45, 2.75) is 50.1 Å². The Balaban J connectivity index is 1.67. The third-order valence-electron chi connectivity index (χ3n) is 4.54. The summed E-state index contributed by atoms with van der Waals surface area (Å²) in [6.07, 6.45) is 7.42. The van der Waals surface area contributed by atoms with Crippen LogP contribution in [0.5, 0.6) is 0 Å². The van der Waals surface area contributed by atoms with E-state index in [0.717, 1.165) is 31.8 Å². The fourth-order valence-electron chi connectivity index (χ4n) is 3.04. The minimum absolute atomic E-state index is 0.139. The van der Waals surface area contributed by atoms with Crippen LogP contribution in [-0.4, -0.2) is 42.5 Å². The zero-order valence-corrected chi connectivity index (χ0v) is 11.3. The molecule has 0 aromatic heterocycles. The summed E-state index contributed by atoms with van der Waals surface area (Å²) in [6, 6.07) is 0.535. The van der Waals surface area contributed by atoms with Gasteiger partial charge in [-0.15, -0.1) is 0 Å². The van der Waals surface area contributed by atoms with Gasteiger partial charge >= 0.3 is 0 Å². The van der Waals surface area contributed by atoms with Gasteiger partial charge in [0, 0.05) is 19.1 Å². The smallest absolute Gasteiger partial charge is 0.239 e. The Kier molecular flexibility index (Phi) is 3.10. The van der Waals surface area contributed by atoms with Crippen LogP contribution in [-0.2, 0) is 4.79 Å². The van der Waals surface area contributed by atoms with E-state index in [1.54, 1.807) is 0 Å². The lowest BCUT2D eigenvalue weighted by Gasteiger charge is -2.36. The van der Waals surface area contributed by atoms with Crippen LogP contribution in [0.3, 0.4) is 0 Å². The first-order valence-electron chi connectivity index (χ1n) is 7.36. The van der Waals surface area contributed by atoms with Gasteiger partial charge in [0.2, 0.25) is 5.91 Å². The van der Waals surface area contributed by atoms with E-state index in [2.05, 4.69) is 17.3 Å². The number of primary amides is 1. The number of rotatable bonds is 8. The number of nitrogens with one attached hydrogen (secondary N) is 1. The Morgan fingerprint density at radius 2 is 1.94 bits per heavy atom. The highest BCUT2D eigenvalue weighted by atomic mass is 16.1. The van der Waals surface area contributed by atoms with Crippen molar-refractivity contribution in [3.63, 3.8) is 0 Å².